The molecule has 1 unspecified atom stereocenters. The van der Waals surface area contributed by atoms with Crippen molar-refractivity contribution in [3.05, 3.63) is 16.1 Å². The Kier molecular flexibility index (Phi) is 11.2. The van der Waals surface area contributed by atoms with Gasteiger partial charge in [0.1, 0.15) is 5.01 Å². The van der Waals surface area contributed by atoms with Crippen LogP contribution in [-0.2, 0) is 23.8 Å². The standard InChI is InChI=1S/C15H28N4OS2.HI/c1-6-12-10-18-13(21-12)11-19-14(16-7-2)17-8-9-22(20)15(3,4)5;/h10H,6-9,11H2,1-5H3,(H2,16,17,19);1H. The van der Waals surface area contributed by atoms with Crippen LogP contribution in [0.1, 0.15) is 44.5 Å². The first kappa shape index (κ1) is 22.8. The molecule has 0 radical (unpaired) electrons. The van der Waals surface area contributed by atoms with Gasteiger partial charge in [0.15, 0.2) is 5.96 Å². The number of aromatic nitrogens is 1. The first-order valence-corrected chi connectivity index (χ1v) is 9.84. The third-order valence-corrected chi connectivity index (χ3v) is 6.00. The number of aliphatic imine (C=N–C) groups is 1. The van der Waals surface area contributed by atoms with Crippen LogP contribution in [-0.4, -0.2) is 38.7 Å². The van der Waals surface area contributed by atoms with Crippen molar-refractivity contribution in [1.29, 1.82) is 0 Å². The van der Waals surface area contributed by atoms with Gasteiger partial charge in [-0.2, -0.15) is 0 Å². The lowest BCUT2D eigenvalue weighted by molar-refractivity contribution is 0.647. The molecule has 5 nitrogen and oxygen atoms in total. The lowest BCUT2D eigenvalue weighted by atomic mass is 10.3. The maximum Gasteiger partial charge on any atom is 0.191 e. The Bertz CT molecular complexity index is 512. The van der Waals surface area contributed by atoms with Gasteiger partial charge in [0, 0.05) is 45.5 Å². The molecular formula is C15H29IN4OS2. The third-order valence-electron chi connectivity index (χ3n) is 2.93. The Hall–Kier alpha value is -0.220. The molecule has 0 aromatic carbocycles. The second kappa shape index (κ2) is 11.4. The van der Waals surface area contributed by atoms with Crippen molar-refractivity contribution in [2.75, 3.05) is 18.8 Å². The number of nitrogens with zero attached hydrogens (tertiary/aromatic N) is 2. The van der Waals surface area contributed by atoms with E-state index in [1.54, 1.807) is 11.3 Å². The van der Waals surface area contributed by atoms with Gasteiger partial charge < -0.3 is 10.6 Å². The minimum Gasteiger partial charge on any atom is -0.357 e. The minimum absolute atomic E-state index is 0. The zero-order valence-corrected chi connectivity index (χ0v) is 18.6. The summed E-state index contributed by atoms with van der Waals surface area (Å²) in [7, 11) is -0.851. The van der Waals surface area contributed by atoms with E-state index in [9.17, 15) is 4.21 Å². The number of halogens is 1. The molecule has 0 aliphatic rings. The monoisotopic (exact) mass is 472 g/mol. The summed E-state index contributed by atoms with van der Waals surface area (Å²) in [5.41, 5.74) is 0. The second-order valence-corrected chi connectivity index (χ2v) is 9.38. The number of rotatable bonds is 7. The van der Waals surface area contributed by atoms with Crippen LogP contribution in [0.3, 0.4) is 0 Å². The Balaban J connectivity index is 0.00000484. The molecular weight excluding hydrogens is 443 g/mol. The average molecular weight is 472 g/mol. The summed E-state index contributed by atoms with van der Waals surface area (Å²) in [5.74, 6) is 1.37. The highest BCUT2D eigenvalue weighted by Gasteiger charge is 2.18. The molecule has 1 aromatic rings. The van der Waals surface area contributed by atoms with E-state index in [1.807, 2.05) is 33.9 Å². The van der Waals surface area contributed by atoms with Gasteiger partial charge in [-0.15, -0.1) is 35.3 Å². The van der Waals surface area contributed by atoms with Crippen LogP contribution in [0.2, 0.25) is 0 Å². The van der Waals surface area contributed by atoms with Crippen molar-refractivity contribution in [2.45, 2.75) is 52.3 Å². The summed E-state index contributed by atoms with van der Waals surface area (Å²) in [4.78, 5) is 10.2. The van der Waals surface area contributed by atoms with Crippen LogP contribution in [0.5, 0.6) is 0 Å². The van der Waals surface area contributed by atoms with Crippen LogP contribution in [0.25, 0.3) is 0 Å². The molecule has 0 saturated heterocycles. The number of thiazole rings is 1. The summed E-state index contributed by atoms with van der Waals surface area (Å²) in [6, 6.07) is 0. The summed E-state index contributed by atoms with van der Waals surface area (Å²) in [6.45, 7) is 12.2. The molecule has 1 rings (SSSR count). The van der Waals surface area contributed by atoms with Gasteiger partial charge in [-0.3, -0.25) is 4.21 Å². The quantitative estimate of drug-likeness (QED) is 0.364. The molecule has 1 aromatic heterocycles. The van der Waals surface area contributed by atoms with Gasteiger partial charge in [-0.05, 0) is 34.1 Å². The topological polar surface area (TPSA) is 66.4 Å². The normalized spacial score (nSPS) is 13.3. The van der Waals surface area contributed by atoms with E-state index in [4.69, 9.17) is 0 Å². The zero-order valence-electron chi connectivity index (χ0n) is 14.6. The van der Waals surface area contributed by atoms with E-state index in [0.717, 1.165) is 23.9 Å². The molecule has 0 aliphatic carbocycles. The minimum atomic E-state index is -0.851. The van der Waals surface area contributed by atoms with E-state index < -0.39 is 10.8 Å². The van der Waals surface area contributed by atoms with Crippen molar-refractivity contribution in [1.82, 2.24) is 15.6 Å². The summed E-state index contributed by atoms with van der Waals surface area (Å²) < 4.78 is 11.8. The maximum atomic E-state index is 12.0. The van der Waals surface area contributed by atoms with Crippen molar-refractivity contribution < 1.29 is 4.21 Å². The third kappa shape index (κ3) is 8.99. The number of nitrogens with one attached hydrogen (secondary N) is 2. The Morgan fingerprint density at radius 1 is 1.35 bits per heavy atom. The fourth-order valence-corrected chi connectivity index (χ4v) is 3.33. The molecule has 23 heavy (non-hydrogen) atoms. The van der Waals surface area contributed by atoms with Crippen molar-refractivity contribution in [3.8, 4) is 0 Å². The highest BCUT2D eigenvalue weighted by molar-refractivity contribution is 14.0. The number of guanidine groups is 1. The Morgan fingerprint density at radius 3 is 2.57 bits per heavy atom. The predicted molar refractivity (Wildman–Crippen MR) is 112 cm³/mol. The summed E-state index contributed by atoms with van der Waals surface area (Å²) >= 11 is 1.70. The molecule has 2 N–H and O–H groups in total. The number of hydrogen-bond donors (Lipinski definition) is 2. The lowest BCUT2D eigenvalue weighted by Crippen LogP contribution is -2.40. The van der Waals surface area contributed by atoms with E-state index >= 15 is 0 Å². The maximum absolute atomic E-state index is 12.0. The van der Waals surface area contributed by atoms with Crippen LogP contribution in [0.4, 0.5) is 0 Å². The molecule has 134 valence electrons. The number of hydrogen-bond acceptors (Lipinski definition) is 4. The SMILES string of the molecule is CCNC(=NCc1ncc(CC)s1)NCCS(=O)C(C)(C)C.I. The van der Waals surface area contributed by atoms with Crippen LogP contribution < -0.4 is 10.6 Å². The number of aryl methyl sites for hydroxylation is 1. The molecule has 0 fully saturated rings. The fourth-order valence-electron chi connectivity index (χ4n) is 1.64. The Morgan fingerprint density at radius 2 is 2.04 bits per heavy atom. The smallest absolute Gasteiger partial charge is 0.191 e. The van der Waals surface area contributed by atoms with Crippen LogP contribution >= 0.6 is 35.3 Å². The van der Waals surface area contributed by atoms with E-state index in [1.165, 1.54) is 4.88 Å². The van der Waals surface area contributed by atoms with E-state index in [2.05, 4.69) is 27.5 Å². The highest BCUT2D eigenvalue weighted by atomic mass is 127. The zero-order chi connectivity index (χ0) is 16.6. The van der Waals surface area contributed by atoms with Crippen LogP contribution in [0, 0.1) is 0 Å². The second-order valence-electron chi connectivity index (χ2n) is 5.86. The van der Waals surface area contributed by atoms with Gasteiger partial charge >= 0.3 is 0 Å². The van der Waals surface area contributed by atoms with Crippen molar-refractivity contribution in [3.63, 3.8) is 0 Å². The average Bonchev–Trinajstić information content (AvgIpc) is 2.91. The molecule has 0 saturated carbocycles. The Labute approximate surface area is 163 Å². The van der Waals surface area contributed by atoms with E-state index in [0.29, 0.717) is 18.8 Å². The molecule has 1 atom stereocenters. The van der Waals surface area contributed by atoms with Crippen LogP contribution in [0.15, 0.2) is 11.2 Å². The highest BCUT2D eigenvalue weighted by Crippen LogP contribution is 2.14. The molecule has 1 heterocycles. The van der Waals surface area contributed by atoms with Crippen molar-refractivity contribution in [2.24, 2.45) is 4.99 Å². The molecule has 0 aliphatic heterocycles. The van der Waals surface area contributed by atoms with Gasteiger partial charge in [0.25, 0.3) is 0 Å². The fraction of sp³-hybridized carbons (Fsp3) is 0.733. The van der Waals surface area contributed by atoms with Gasteiger partial charge in [0.2, 0.25) is 0 Å². The molecule has 0 amide bonds. The summed E-state index contributed by atoms with van der Waals surface area (Å²) in [6.07, 6.45) is 2.93. The molecule has 0 bridgehead atoms. The summed E-state index contributed by atoms with van der Waals surface area (Å²) in [5, 5.41) is 7.46. The van der Waals surface area contributed by atoms with Gasteiger partial charge in [-0.1, -0.05) is 6.92 Å². The molecule has 0 spiro atoms. The van der Waals surface area contributed by atoms with E-state index in [-0.39, 0.29) is 28.7 Å². The lowest BCUT2D eigenvalue weighted by Gasteiger charge is -2.18. The molecule has 8 heteroatoms. The first-order chi connectivity index (χ1) is 10.4. The first-order valence-electron chi connectivity index (χ1n) is 7.71. The van der Waals surface area contributed by atoms with Gasteiger partial charge in [-0.25, -0.2) is 9.98 Å². The largest absolute Gasteiger partial charge is 0.357 e. The predicted octanol–water partition coefficient (Wildman–Crippen LogP) is 2.93. The van der Waals surface area contributed by atoms with Crippen molar-refractivity contribution >= 4 is 52.1 Å². The van der Waals surface area contributed by atoms with Gasteiger partial charge in [0.05, 0.1) is 6.54 Å².